The Morgan fingerprint density at radius 2 is 1.77 bits per heavy atom. The third-order valence-corrected chi connectivity index (χ3v) is 6.79. The molecule has 0 saturated carbocycles. The van der Waals surface area contributed by atoms with Gasteiger partial charge in [0, 0.05) is 31.7 Å². The van der Waals surface area contributed by atoms with Crippen LogP contribution in [0.5, 0.6) is 0 Å². The zero-order valence-electron chi connectivity index (χ0n) is 20.8. The van der Waals surface area contributed by atoms with Gasteiger partial charge in [0.05, 0.1) is 18.2 Å². The summed E-state index contributed by atoms with van der Waals surface area (Å²) in [6.07, 6.45) is 10.7. The molecule has 0 unspecified atom stereocenters. The second kappa shape index (κ2) is 13.2. The Bertz CT molecular complexity index is 1130. The monoisotopic (exact) mass is 483 g/mol. The first kappa shape index (κ1) is 26.7. The number of nitrogens with two attached hydrogens (primary N) is 1. The van der Waals surface area contributed by atoms with Gasteiger partial charge >= 0.3 is 5.69 Å². The molecular weight excluding hydrogens is 445 g/mol. The number of nitriles is 1. The second-order valence-corrected chi connectivity index (χ2v) is 9.60. The van der Waals surface area contributed by atoms with Crippen molar-refractivity contribution in [3.63, 3.8) is 0 Å². The van der Waals surface area contributed by atoms with E-state index in [0.717, 1.165) is 32.1 Å². The topological polar surface area (TPSA) is 97.1 Å². The molecule has 1 saturated heterocycles. The van der Waals surface area contributed by atoms with Crippen molar-refractivity contribution in [1.82, 2.24) is 9.13 Å². The molecular formula is C27H38FN5O2. The maximum Gasteiger partial charge on any atom is 0.332 e. The van der Waals surface area contributed by atoms with E-state index in [1.165, 1.54) is 65.5 Å². The van der Waals surface area contributed by atoms with Crippen LogP contribution in [0.25, 0.3) is 0 Å². The molecule has 0 spiro atoms. The van der Waals surface area contributed by atoms with Crippen LogP contribution in [-0.2, 0) is 13.1 Å². The SMILES string of the molecule is CCCCCCCCCCn1c(=O)cc(N2CCC[C@@H](N)C2)n(Cc2cc(F)ccc2C#N)c1=O. The van der Waals surface area contributed by atoms with Crippen LogP contribution in [0.15, 0.2) is 33.9 Å². The number of benzene rings is 1. The Hall–Kier alpha value is -2.92. The van der Waals surface area contributed by atoms with E-state index in [1.54, 1.807) is 0 Å². The lowest BCUT2D eigenvalue weighted by molar-refractivity contribution is 0.480. The van der Waals surface area contributed by atoms with Crippen LogP contribution >= 0.6 is 0 Å². The molecule has 0 radical (unpaired) electrons. The molecule has 2 aromatic rings. The molecule has 1 atom stereocenters. The maximum absolute atomic E-state index is 14.0. The van der Waals surface area contributed by atoms with Gasteiger partial charge in [0.25, 0.3) is 5.56 Å². The molecule has 0 amide bonds. The fourth-order valence-electron chi connectivity index (χ4n) is 4.82. The fourth-order valence-corrected chi connectivity index (χ4v) is 4.82. The van der Waals surface area contributed by atoms with Crippen molar-refractivity contribution in [2.75, 3.05) is 18.0 Å². The first-order chi connectivity index (χ1) is 16.9. The summed E-state index contributed by atoms with van der Waals surface area (Å²) in [5.74, 6) is 0.0105. The van der Waals surface area contributed by atoms with E-state index in [2.05, 4.69) is 13.0 Å². The van der Waals surface area contributed by atoms with Crippen molar-refractivity contribution in [2.45, 2.75) is 90.3 Å². The molecule has 190 valence electrons. The van der Waals surface area contributed by atoms with Gasteiger partial charge in [-0.15, -0.1) is 0 Å². The summed E-state index contributed by atoms with van der Waals surface area (Å²) in [6, 6.07) is 7.46. The first-order valence-corrected chi connectivity index (χ1v) is 13.0. The standard InChI is InChI=1S/C27H38FN5O2/c1-2-3-4-5-6-7-8-9-15-32-26(34)17-25(31-14-10-11-24(30)20-31)33(27(32)35)19-22-16-23(28)13-12-21(22)18-29/h12-13,16-17,24H,2-11,14-15,19-20,30H2,1H3/t24-/m1/s1. The Morgan fingerprint density at radius 3 is 2.46 bits per heavy atom. The number of rotatable bonds is 12. The molecule has 8 heteroatoms. The zero-order chi connectivity index (χ0) is 25.2. The van der Waals surface area contributed by atoms with Gasteiger partial charge in [-0.2, -0.15) is 5.26 Å². The third kappa shape index (κ3) is 7.28. The van der Waals surface area contributed by atoms with Crippen LogP contribution in [0.1, 0.15) is 82.3 Å². The minimum absolute atomic E-state index is 0.0122. The third-order valence-electron chi connectivity index (χ3n) is 6.79. The minimum Gasteiger partial charge on any atom is -0.356 e. The van der Waals surface area contributed by atoms with Crippen molar-refractivity contribution in [1.29, 1.82) is 5.26 Å². The Morgan fingerprint density at radius 1 is 1.06 bits per heavy atom. The predicted octanol–water partition coefficient (Wildman–Crippen LogP) is 4.14. The second-order valence-electron chi connectivity index (χ2n) is 9.60. The molecule has 0 aliphatic carbocycles. The molecule has 35 heavy (non-hydrogen) atoms. The summed E-state index contributed by atoms with van der Waals surface area (Å²) in [4.78, 5) is 28.5. The van der Waals surface area contributed by atoms with Crippen LogP contribution in [0.3, 0.4) is 0 Å². The van der Waals surface area contributed by atoms with Crippen molar-refractivity contribution in [3.8, 4) is 6.07 Å². The Kier molecular flexibility index (Phi) is 10.1. The van der Waals surface area contributed by atoms with Gasteiger partial charge in [0.2, 0.25) is 0 Å². The largest absolute Gasteiger partial charge is 0.356 e. The molecule has 7 nitrogen and oxygen atoms in total. The van der Waals surface area contributed by atoms with E-state index in [1.807, 2.05) is 4.90 Å². The van der Waals surface area contributed by atoms with Crippen molar-refractivity contribution in [2.24, 2.45) is 5.73 Å². The lowest BCUT2D eigenvalue weighted by Crippen LogP contribution is -2.48. The van der Waals surface area contributed by atoms with Crippen LogP contribution in [-0.4, -0.2) is 28.3 Å². The summed E-state index contributed by atoms with van der Waals surface area (Å²) in [5.41, 5.74) is 6.12. The molecule has 1 aliphatic rings. The molecule has 1 aromatic heterocycles. The number of hydrogen-bond donors (Lipinski definition) is 1. The van der Waals surface area contributed by atoms with Gasteiger partial charge in [-0.05, 0) is 43.0 Å². The summed E-state index contributed by atoms with van der Waals surface area (Å²) in [5, 5.41) is 9.50. The summed E-state index contributed by atoms with van der Waals surface area (Å²) in [7, 11) is 0. The van der Waals surface area contributed by atoms with Crippen LogP contribution in [0.2, 0.25) is 0 Å². The number of unbranched alkanes of at least 4 members (excludes halogenated alkanes) is 7. The lowest BCUT2D eigenvalue weighted by atomic mass is 10.1. The Labute approximate surface area is 207 Å². The molecule has 3 rings (SSSR count). The van der Waals surface area contributed by atoms with E-state index in [0.29, 0.717) is 36.6 Å². The van der Waals surface area contributed by atoms with E-state index in [-0.39, 0.29) is 18.1 Å². The van der Waals surface area contributed by atoms with E-state index < -0.39 is 11.5 Å². The number of aromatic nitrogens is 2. The summed E-state index contributed by atoms with van der Waals surface area (Å²) < 4.78 is 16.8. The molecule has 1 fully saturated rings. The van der Waals surface area contributed by atoms with Crippen LogP contribution < -0.4 is 21.9 Å². The van der Waals surface area contributed by atoms with Crippen LogP contribution in [0.4, 0.5) is 10.2 Å². The summed E-state index contributed by atoms with van der Waals surface area (Å²) >= 11 is 0. The predicted molar refractivity (Wildman–Crippen MR) is 137 cm³/mol. The highest BCUT2D eigenvalue weighted by molar-refractivity contribution is 5.43. The normalized spacial score (nSPS) is 15.8. The molecule has 1 aromatic carbocycles. The van der Waals surface area contributed by atoms with Gasteiger partial charge in [0.15, 0.2) is 0 Å². The minimum atomic E-state index is -0.471. The number of anilines is 1. The van der Waals surface area contributed by atoms with E-state index in [9.17, 15) is 19.2 Å². The molecule has 2 N–H and O–H groups in total. The average Bonchev–Trinajstić information content (AvgIpc) is 2.84. The van der Waals surface area contributed by atoms with Gasteiger partial charge in [-0.3, -0.25) is 13.9 Å². The van der Waals surface area contributed by atoms with Gasteiger partial charge in [0.1, 0.15) is 11.6 Å². The first-order valence-electron chi connectivity index (χ1n) is 13.0. The highest BCUT2D eigenvalue weighted by Crippen LogP contribution is 2.20. The van der Waals surface area contributed by atoms with Gasteiger partial charge in [-0.1, -0.05) is 51.9 Å². The van der Waals surface area contributed by atoms with E-state index >= 15 is 0 Å². The van der Waals surface area contributed by atoms with Gasteiger partial charge < -0.3 is 10.6 Å². The molecule has 2 heterocycles. The quantitative estimate of drug-likeness (QED) is 0.458. The highest BCUT2D eigenvalue weighted by atomic mass is 19.1. The molecule has 0 bridgehead atoms. The zero-order valence-corrected chi connectivity index (χ0v) is 20.8. The van der Waals surface area contributed by atoms with Gasteiger partial charge in [-0.25, -0.2) is 9.18 Å². The smallest absolute Gasteiger partial charge is 0.332 e. The lowest BCUT2D eigenvalue weighted by Gasteiger charge is -2.34. The van der Waals surface area contributed by atoms with Crippen LogP contribution in [0, 0.1) is 17.1 Å². The van der Waals surface area contributed by atoms with Crippen molar-refractivity contribution in [3.05, 3.63) is 62.0 Å². The number of nitrogens with zero attached hydrogens (tertiary/aromatic N) is 4. The van der Waals surface area contributed by atoms with Crippen molar-refractivity contribution < 1.29 is 4.39 Å². The number of piperidine rings is 1. The van der Waals surface area contributed by atoms with E-state index in [4.69, 9.17) is 5.73 Å². The number of hydrogen-bond acceptors (Lipinski definition) is 5. The summed E-state index contributed by atoms with van der Waals surface area (Å²) in [6.45, 7) is 3.78. The van der Waals surface area contributed by atoms with Crippen molar-refractivity contribution >= 4 is 5.82 Å². The molecule has 1 aliphatic heterocycles. The average molecular weight is 484 g/mol. The highest BCUT2D eigenvalue weighted by Gasteiger charge is 2.22. The fraction of sp³-hybridized carbons (Fsp3) is 0.593. The Balaban J connectivity index is 1.86. The number of halogens is 1. The maximum atomic E-state index is 14.0.